The van der Waals surface area contributed by atoms with Crippen LogP contribution in [0.2, 0.25) is 0 Å². The number of carbonyl (C=O) groups excluding carboxylic acids is 1. The van der Waals surface area contributed by atoms with Crippen molar-refractivity contribution in [3.63, 3.8) is 0 Å². The summed E-state index contributed by atoms with van der Waals surface area (Å²) in [5.74, 6) is 1.68. The Hall–Kier alpha value is -2.47. The first-order chi connectivity index (χ1) is 12.4. The third-order valence-electron chi connectivity index (χ3n) is 4.03. The van der Waals surface area contributed by atoms with E-state index in [4.69, 9.17) is 0 Å². The summed E-state index contributed by atoms with van der Waals surface area (Å²) >= 11 is 1.67. The molecule has 0 atom stereocenters. The summed E-state index contributed by atoms with van der Waals surface area (Å²) in [5.41, 5.74) is 1.18. The average molecular weight is 369 g/mol. The maximum absolute atomic E-state index is 11.9. The number of rotatable bonds is 6. The van der Waals surface area contributed by atoms with Crippen molar-refractivity contribution in [3.05, 3.63) is 42.2 Å². The molecule has 26 heavy (non-hydrogen) atoms. The summed E-state index contributed by atoms with van der Waals surface area (Å²) in [6.07, 6.45) is 0.439. The fourth-order valence-electron chi connectivity index (χ4n) is 2.82. The van der Waals surface area contributed by atoms with Gasteiger partial charge in [0.2, 0.25) is 5.91 Å². The molecular weight excluding hydrogens is 344 g/mol. The van der Waals surface area contributed by atoms with Gasteiger partial charge >= 0.3 is 0 Å². The van der Waals surface area contributed by atoms with Crippen LogP contribution in [0.25, 0.3) is 20.7 Å². The predicted octanol–water partition coefficient (Wildman–Crippen LogP) is 4.02. The lowest BCUT2D eigenvalue weighted by atomic mass is 10.2. The van der Waals surface area contributed by atoms with Crippen molar-refractivity contribution in [1.29, 1.82) is 0 Å². The molecule has 6 heteroatoms. The van der Waals surface area contributed by atoms with Crippen molar-refractivity contribution in [2.75, 3.05) is 18.5 Å². The molecular formula is C20H24N4OS. The normalized spacial score (nSPS) is 11.1. The molecule has 3 aromatic rings. The van der Waals surface area contributed by atoms with Crippen LogP contribution in [0.15, 0.2) is 36.4 Å². The van der Waals surface area contributed by atoms with E-state index < -0.39 is 0 Å². The standard InChI is InChI=1S/C20H24N4OS/c1-13(2)21-18(25)10-11-24(4)19-16-12-17(15-8-6-5-7-9-15)26-20(16)23-14(3)22-19/h5-9,12-13H,10-11H2,1-4H3,(H,21,25). The van der Waals surface area contributed by atoms with Gasteiger partial charge in [-0.15, -0.1) is 11.3 Å². The summed E-state index contributed by atoms with van der Waals surface area (Å²) in [7, 11) is 1.98. The number of fused-ring (bicyclic) bond motifs is 1. The van der Waals surface area contributed by atoms with Gasteiger partial charge in [-0.1, -0.05) is 30.3 Å². The van der Waals surface area contributed by atoms with Gasteiger partial charge in [0.05, 0.1) is 5.39 Å². The van der Waals surface area contributed by atoms with Crippen LogP contribution < -0.4 is 10.2 Å². The fraction of sp³-hybridized carbons (Fsp3) is 0.350. The van der Waals surface area contributed by atoms with E-state index in [0.29, 0.717) is 13.0 Å². The minimum absolute atomic E-state index is 0.0594. The summed E-state index contributed by atoms with van der Waals surface area (Å²) in [5, 5.41) is 3.96. The molecule has 2 heterocycles. The van der Waals surface area contributed by atoms with Crippen LogP contribution in [0.5, 0.6) is 0 Å². The molecule has 0 fully saturated rings. The molecule has 0 saturated heterocycles. The second-order valence-electron chi connectivity index (χ2n) is 6.68. The average Bonchev–Trinajstić information content (AvgIpc) is 3.03. The number of hydrogen-bond acceptors (Lipinski definition) is 5. The summed E-state index contributed by atoms with van der Waals surface area (Å²) < 4.78 is 0. The van der Waals surface area contributed by atoms with Crippen molar-refractivity contribution in [3.8, 4) is 10.4 Å². The molecule has 3 rings (SSSR count). The Bertz CT molecular complexity index is 905. The number of aromatic nitrogens is 2. The van der Waals surface area contributed by atoms with Crippen molar-refractivity contribution in [2.24, 2.45) is 0 Å². The lowest BCUT2D eigenvalue weighted by Gasteiger charge is -2.19. The second-order valence-corrected chi connectivity index (χ2v) is 7.71. The topological polar surface area (TPSA) is 58.1 Å². The highest BCUT2D eigenvalue weighted by molar-refractivity contribution is 7.21. The Morgan fingerprint density at radius 1 is 1.23 bits per heavy atom. The molecule has 0 unspecified atom stereocenters. The van der Waals surface area contributed by atoms with Crippen molar-refractivity contribution in [2.45, 2.75) is 33.2 Å². The molecule has 0 spiro atoms. The van der Waals surface area contributed by atoms with Gasteiger partial charge in [0.25, 0.3) is 0 Å². The van der Waals surface area contributed by atoms with E-state index in [1.54, 1.807) is 11.3 Å². The largest absolute Gasteiger partial charge is 0.359 e. The van der Waals surface area contributed by atoms with Gasteiger partial charge in [0.1, 0.15) is 16.5 Å². The Morgan fingerprint density at radius 3 is 2.65 bits per heavy atom. The van der Waals surface area contributed by atoms with E-state index in [9.17, 15) is 4.79 Å². The minimum Gasteiger partial charge on any atom is -0.359 e. The number of nitrogens with one attached hydrogen (secondary N) is 1. The van der Waals surface area contributed by atoms with E-state index >= 15 is 0 Å². The smallest absolute Gasteiger partial charge is 0.221 e. The molecule has 1 aromatic carbocycles. The molecule has 0 aliphatic rings. The molecule has 5 nitrogen and oxygen atoms in total. The van der Waals surface area contributed by atoms with Crippen LogP contribution >= 0.6 is 11.3 Å². The second kappa shape index (κ2) is 7.83. The molecule has 136 valence electrons. The Kier molecular flexibility index (Phi) is 5.52. The van der Waals surface area contributed by atoms with E-state index in [1.807, 2.05) is 50.9 Å². The SMILES string of the molecule is Cc1nc(N(C)CCC(=O)NC(C)C)c2cc(-c3ccccc3)sc2n1. The number of thiophene rings is 1. The molecule has 1 amide bonds. The Balaban J connectivity index is 1.87. The molecule has 2 aromatic heterocycles. The van der Waals surface area contributed by atoms with Gasteiger partial charge in [0, 0.05) is 30.9 Å². The van der Waals surface area contributed by atoms with Crippen molar-refractivity contribution < 1.29 is 4.79 Å². The lowest BCUT2D eigenvalue weighted by Crippen LogP contribution is -2.33. The number of nitrogens with zero attached hydrogens (tertiary/aromatic N) is 3. The maximum Gasteiger partial charge on any atom is 0.221 e. The first-order valence-electron chi connectivity index (χ1n) is 8.78. The van der Waals surface area contributed by atoms with E-state index in [2.05, 4.69) is 33.5 Å². The molecule has 0 aliphatic carbocycles. The first kappa shape index (κ1) is 18.3. The molecule has 0 bridgehead atoms. The summed E-state index contributed by atoms with van der Waals surface area (Å²) in [6.45, 7) is 6.45. The number of benzene rings is 1. The van der Waals surface area contributed by atoms with Gasteiger partial charge in [-0.3, -0.25) is 4.79 Å². The number of hydrogen-bond donors (Lipinski definition) is 1. The quantitative estimate of drug-likeness (QED) is 0.714. The summed E-state index contributed by atoms with van der Waals surface area (Å²) in [6, 6.07) is 12.6. The highest BCUT2D eigenvalue weighted by Gasteiger charge is 2.15. The molecule has 0 saturated carbocycles. The van der Waals surface area contributed by atoms with Gasteiger partial charge in [0.15, 0.2) is 0 Å². The predicted molar refractivity (Wildman–Crippen MR) is 109 cm³/mol. The van der Waals surface area contributed by atoms with Crippen LogP contribution in [-0.2, 0) is 4.79 Å². The third kappa shape index (κ3) is 4.19. The fourth-order valence-corrected chi connectivity index (χ4v) is 3.89. The van der Waals surface area contributed by atoms with Gasteiger partial charge < -0.3 is 10.2 Å². The van der Waals surface area contributed by atoms with Crippen LogP contribution in [0.1, 0.15) is 26.1 Å². The van der Waals surface area contributed by atoms with Crippen molar-refractivity contribution >= 4 is 33.3 Å². The zero-order valence-corrected chi connectivity index (χ0v) is 16.4. The molecule has 0 radical (unpaired) electrons. The number of amides is 1. The zero-order valence-electron chi connectivity index (χ0n) is 15.6. The highest BCUT2D eigenvalue weighted by atomic mass is 32.1. The van der Waals surface area contributed by atoms with Crippen LogP contribution in [-0.4, -0.2) is 35.5 Å². The number of anilines is 1. The minimum atomic E-state index is 0.0594. The molecule has 1 N–H and O–H groups in total. The van der Waals surface area contributed by atoms with Crippen LogP contribution in [0.4, 0.5) is 5.82 Å². The molecule has 0 aliphatic heterocycles. The highest BCUT2D eigenvalue weighted by Crippen LogP contribution is 2.36. The van der Waals surface area contributed by atoms with Crippen LogP contribution in [0.3, 0.4) is 0 Å². The monoisotopic (exact) mass is 368 g/mol. The van der Waals surface area contributed by atoms with E-state index in [0.717, 1.165) is 21.9 Å². The Labute approximate surface area is 158 Å². The number of aryl methyl sites for hydroxylation is 1. The lowest BCUT2D eigenvalue weighted by molar-refractivity contribution is -0.121. The van der Waals surface area contributed by atoms with Gasteiger partial charge in [-0.25, -0.2) is 9.97 Å². The van der Waals surface area contributed by atoms with Crippen LogP contribution in [0, 0.1) is 6.92 Å². The maximum atomic E-state index is 11.9. The van der Waals surface area contributed by atoms with Gasteiger partial charge in [-0.05, 0) is 32.4 Å². The van der Waals surface area contributed by atoms with Gasteiger partial charge in [-0.2, -0.15) is 0 Å². The van der Waals surface area contributed by atoms with E-state index in [1.165, 1.54) is 10.4 Å². The third-order valence-corrected chi connectivity index (χ3v) is 5.11. The Morgan fingerprint density at radius 2 is 1.96 bits per heavy atom. The first-order valence-corrected chi connectivity index (χ1v) is 9.60. The summed E-state index contributed by atoms with van der Waals surface area (Å²) in [4.78, 5) is 25.4. The zero-order chi connectivity index (χ0) is 18.7. The van der Waals surface area contributed by atoms with Crippen molar-refractivity contribution in [1.82, 2.24) is 15.3 Å². The number of carbonyl (C=O) groups is 1. The van der Waals surface area contributed by atoms with E-state index in [-0.39, 0.29) is 11.9 Å².